The number of amides is 2. The first-order valence-corrected chi connectivity index (χ1v) is 17.1. The van der Waals surface area contributed by atoms with Crippen molar-refractivity contribution in [3.63, 3.8) is 0 Å². The van der Waals surface area contributed by atoms with Crippen LogP contribution in [-0.4, -0.2) is 39.9 Å². The highest BCUT2D eigenvalue weighted by atomic mass is 16.7. The molecule has 2 amide bonds. The number of nitrogens with one attached hydrogen (secondary N) is 1. The number of carbonyl (C=O) groups excluding carboxylic acids is 1. The van der Waals surface area contributed by atoms with Crippen molar-refractivity contribution in [3.05, 3.63) is 114 Å². The van der Waals surface area contributed by atoms with E-state index >= 15 is 0 Å². The summed E-state index contributed by atoms with van der Waals surface area (Å²) in [5.41, 5.74) is 6.60. The van der Waals surface area contributed by atoms with E-state index in [1.165, 1.54) is 12.0 Å². The summed E-state index contributed by atoms with van der Waals surface area (Å²) in [6.45, 7) is 6.20. The van der Waals surface area contributed by atoms with E-state index in [9.17, 15) is 14.7 Å². The largest absolute Gasteiger partial charge is 0.511 e. The van der Waals surface area contributed by atoms with E-state index in [1.807, 2.05) is 59.5 Å². The van der Waals surface area contributed by atoms with Crippen molar-refractivity contribution < 1.29 is 19.4 Å². The molecule has 0 aliphatic rings. The number of ether oxygens (including phenoxy) is 1. The van der Waals surface area contributed by atoms with Crippen LogP contribution in [0.5, 0.6) is 5.75 Å². The topological polar surface area (TPSA) is 96.7 Å². The highest BCUT2D eigenvalue weighted by Crippen LogP contribution is 2.31. The zero-order valence-electron chi connectivity index (χ0n) is 28.0. The van der Waals surface area contributed by atoms with Gasteiger partial charge in [0, 0.05) is 37.3 Å². The molecule has 0 saturated carbocycles. The van der Waals surface area contributed by atoms with E-state index in [1.54, 1.807) is 12.1 Å². The zero-order chi connectivity index (χ0) is 33.7. The SMILES string of the molecule is CCCCCCNC(=O)N(CCc1ccccc1)c1ccc2nc(CCCC)n(Cc3ccc(-c4ccccc4OC(=O)O)cc3)c2c1. The summed E-state index contributed by atoms with van der Waals surface area (Å²) in [6.07, 6.45) is 6.75. The van der Waals surface area contributed by atoms with Crippen LogP contribution in [0.1, 0.15) is 69.3 Å². The summed E-state index contributed by atoms with van der Waals surface area (Å²) in [4.78, 5) is 31.8. The average Bonchev–Trinajstić information content (AvgIpc) is 3.44. The summed E-state index contributed by atoms with van der Waals surface area (Å²) in [5, 5.41) is 12.3. The molecule has 5 aromatic rings. The number of unbranched alkanes of at least 4 members (excludes halogenated alkanes) is 4. The Balaban J connectivity index is 1.44. The molecule has 0 bridgehead atoms. The Bertz CT molecular complexity index is 1780. The van der Waals surface area contributed by atoms with Gasteiger partial charge in [0.05, 0.1) is 11.0 Å². The second-order valence-corrected chi connectivity index (χ2v) is 12.1. The van der Waals surface area contributed by atoms with Crippen LogP contribution >= 0.6 is 0 Å². The second kappa shape index (κ2) is 17.2. The lowest BCUT2D eigenvalue weighted by Crippen LogP contribution is -2.41. The van der Waals surface area contributed by atoms with Gasteiger partial charge < -0.3 is 19.7 Å². The maximum Gasteiger partial charge on any atom is 0.511 e. The third-order valence-corrected chi connectivity index (χ3v) is 8.59. The molecular weight excluding hydrogens is 600 g/mol. The third kappa shape index (κ3) is 9.03. The standard InChI is InChI=1S/C40H46N4O4/c1-3-5-7-13-26-41-39(45)43(27-25-30-14-9-8-10-15-30)33-23-24-35-36(28-33)44(38(42-35)18-6-4-2)29-31-19-21-32(22-20-31)34-16-11-12-17-37(34)48-40(46)47/h8-12,14-17,19-24,28H,3-7,13,18,25-27,29H2,1-2H3,(H,41,45)(H,46,47). The summed E-state index contributed by atoms with van der Waals surface area (Å²) in [6, 6.07) is 31.6. The van der Waals surface area contributed by atoms with Crippen molar-refractivity contribution in [2.45, 2.75) is 71.8 Å². The van der Waals surface area contributed by atoms with Crippen LogP contribution in [0, 0.1) is 0 Å². The van der Waals surface area contributed by atoms with Crippen molar-refractivity contribution in [2.75, 3.05) is 18.0 Å². The van der Waals surface area contributed by atoms with E-state index < -0.39 is 6.16 Å². The number of benzene rings is 4. The Labute approximate surface area is 283 Å². The van der Waals surface area contributed by atoms with Crippen LogP contribution in [0.25, 0.3) is 22.2 Å². The highest BCUT2D eigenvalue weighted by molar-refractivity contribution is 5.94. The predicted octanol–water partition coefficient (Wildman–Crippen LogP) is 9.49. The van der Waals surface area contributed by atoms with Crippen LogP contribution in [0.4, 0.5) is 15.3 Å². The van der Waals surface area contributed by atoms with Crippen LogP contribution in [-0.2, 0) is 19.4 Å². The summed E-state index contributed by atoms with van der Waals surface area (Å²) < 4.78 is 7.28. The molecule has 2 N–H and O–H groups in total. The fraction of sp³-hybridized carbons (Fsp3) is 0.325. The number of para-hydroxylation sites is 1. The van der Waals surface area contributed by atoms with Gasteiger partial charge in [-0.2, -0.15) is 0 Å². The van der Waals surface area contributed by atoms with Crippen molar-refractivity contribution in [3.8, 4) is 16.9 Å². The smallest absolute Gasteiger partial charge is 0.449 e. The van der Waals surface area contributed by atoms with Gasteiger partial charge in [-0.05, 0) is 60.2 Å². The fourth-order valence-electron chi connectivity index (χ4n) is 5.97. The molecule has 0 spiro atoms. The molecule has 0 saturated heterocycles. The van der Waals surface area contributed by atoms with Gasteiger partial charge in [-0.15, -0.1) is 0 Å². The molecule has 8 heteroatoms. The second-order valence-electron chi connectivity index (χ2n) is 12.1. The van der Waals surface area contributed by atoms with Gasteiger partial charge in [-0.3, -0.25) is 4.90 Å². The number of nitrogens with zero attached hydrogens (tertiary/aromatic N) is 3. The van der Waals surface area contributed by atoms with Gasteiger partial charge in [0.2, 0.25) is 0 Å². The molecule has 0 unspecified atom stereocenters. The quantitative estimate of drug-likeness (QED) is 0.0632. The van der Waals surface area contributed by atoms with Gasteiger partial charge >= 0.3 is 12.2 Å². The minimum atomic E-state index is -1.34. The summed E-state index contributed by atoms with van der Waals surface area (Å²) in [5.74, 6) is 1.32. The van der Waals surface area contributed by atoms with Gasteiger partial charge in [0.1, 0.15) is 11.6 Å². The van der Waals surface area contributed by atoms with Crippen molar-refractivity contribution in [1.29, 1.82) is 0 Å². The molecule has 250 valence electrons. The van der Waals surface area contributed by atoms with E-state index in [0.29, 0.717) is 30.9 Å². The summed E-state index contributed by atoms with van der Waals surface area (Å²) >= 11 is 0. The van der Waals surface area contributed by atoms with Crippen molar-refractivity contribution >= 4 is 28.9 Å². The Morgan fingerprint density at radius 2 is 1.56 bits per heavy atom. The number of urea groups is 1. The van der Waals surface area contributed by atoms with Gasteiger partial charge in [-0.25, -0.2) is 14.6 Å². The van der Waals surface area contributed by atoms with E-state index in [0.717, 1.165) is 78.6 Å². The number of fused-ring (bicyclic) bond motifs is 1. The zero-order valence-corrected chi connectivity index (χ0v) is 28.0. The monoisotopic (exact) mass is 646 g/mol. The number of aromatic nitrogens is 2. The number of hydrogen-bond donors (Lipinski definition) is 2. The lowest BCUT2D eigenvalue weighted by Gasteiger charge is -2.24. The van der Waals surface area contributed by atoms with Crippen molar-refractivity contribution in [2.24, 2.45) is 0 Å². The minimum absolute atomic E-state index is 0.0817. The van der Waals surface area contributed by atoms with Crippen LogP contribution in [0.15, 0.2) is 97.1 Å². The van der Waals surface area contributed by atoms with E-state index in [4.69, 9.17) is 9.72 Å². The normalized spacial score (nSPS) is 11.0. The Morgan fingerprint density at radius 1 is 0.812 bits per heavy atom. The number of carboxylic acid groups (broad SMARTS) is 1. The highest BCUT2D eigenvalue weighted by Gasteiger charge is 2.19. The Hall–Kier alpha value is -5.11. The number of rotatable bonds is 16. The lowest BCUT2D eigenvalue weighted by molar-refractivity contribution is 0.144. The molecular formula is C40H46N4O4. The molecule has 0 radical (unpaired) electrons. The molecule has 0 atom stereocenters. The maximum absolute atomic E-state index is 13.6. The molecule has 8 nitrogen and oxygen atoms in total. The van der Waals surface area contributed by atoms with Crippen molar-refractivity contribution in [1.82, 2.24) is 14.9 Å². The Kier molecular flexibility index (Phi) is 12.2. The molecule has 4 aromatic carbocycles. The van der Waals surface area contributed by atoms with E-state index in [2.05, 4.69) is 54.1 Å². The number of imidazole rings is 1. The van der Waals surface area contributed by atoms with Gasteiger partial charge in [-0.1, -0.05) is 112 Å². The van der Waals surface area contributed by atoms with Gasteiger partial charge in [0.25, 0.3) is 0 Å². The van der Waals surface area contributed by atoms with Crippen LogP contribution in [0.3, 0.4) is 0 Å². The molecule has 48 heavy (non-hydrogen) atoms. The average molecular weight is 647 g/mol. The molecule has 1 aromatic heterocycles. The molecule has 0 aliphatic heterocycles. The molecule has 1 heterocycles. The fourth-order valence-corrected chi connectivity index (χ4v) is 5.97. The maximum atomic E-state index is 13.6. The number of carbonyl (C=O) groups is 2. The van der Waals surface area contributed by atoms with E-state index in [-0.39, 0.29) is 6.03 Å². The predicted molar refractivity (Wildman–Crippen MR) is 193 cm³/mol. The van der Waals surface area contributed by atoms with Crippen LogP contribution in [0.2, 0.25) is 0 Å². The number of hydrogen-bond acceptors (Lipinski definition) is 4. The number of anilines is 1. The van der Waals surface area contributed by atoms with Crippen LogP contribution < -0.4 is 15.0 Å². The number of aryl methyl sites for hydroxylation is 1. The van der Waals surface area contributed by atoms with Gasteiger partial charge in [0.15, 0.2) is 0 Å². The Morgan fingerprint density at radius 3 is 2.31 bits per heavy atom. The lowest BCUT2D eigenvalue weighted by atomic mass is 10.0. The minimum Gasteiger partial charge on any atom is -0.449 e. The first-order valence-electron chi connectivity index (χ1n) is 17.1. The summed E-state index contributed by atoms with van der Waals surface area (Å²) in [7, 11) is 0. The molecule has 0 fully saturated rings. The first kappa shape index (κ1) is 34.2. The third-order valence-electron chi connectivity index (χ3n) is 8.59. The first-order chi connectivity index (χ1) is 23.5. The molecule has 0 aliphatic carbocycles. The molecule has 5 rings (SSSR count).